The first-order valence-electron chi connectivity index (χ1n) is 8.17. The van der Waals surface area contributed by atoms with E-state index < -0.39 is 0 Å². The summed E-state index contributed by atoms with van der Waals surface area (Å²) in [6.45, 7) is 7.62. The Kier molecular flexibility index (Phi) is 3.49. The van der Waals surface area contributed by atoms with Gasteiger partial charge < -0.3 is 5.32 Å². The van der Waals surface area contributed by atoms with Crippen molar-refractivity contribution >= 4 is 17.2 Å². The number of hydrogen-bond acceptors (Lipinski definition) is 3. The van der Waals surface area contributed by atoms with Gasteiger partial charge in [0.15, 0.2) is 0 Å². The van der Waals surface area contributed by atoms with E-state index in [0.29, 0.717) is 5.92 Å². The molecule has 3 heterocycles. The number of aryl methyl sites for hydroxylation is 1. The SMILES string of the molecule is Cc1ccc(-c2nn(-c3ccccc3C(C)C)c3c2CCN3)s1. The van der Waals surface area contributed by atoms with Crippen LogP contribution in [0.25, 0.3) is 16.3 Å². The number of aromatic nitrogens is 2. The largest absolute Gasteiger partial charge is 0.369 e. The van der Waals surface area contributed by atoms with Gasteiger partial charge in [-0.2, -0.15) is 5.10 Å². The molecule has 118 valence electrons. The minimum atomic E-state index is 0.472. The minimum absolute atomic E-state index is 0.472. The quantitative estimate of drug-likeness (QED) is 0.735. The highest BCUT2D eigenvalue weighted by Gasteiger charge is 2.25. The van der Waals surface area contributed by atoms with Crippen molar-refractivity contribution in [3.8, 4) is 16.3 Å². The molecule has 0 saturated carbocycles. The van der Waals surface area contributed by atoms with Crippen LogP contribution in [0, 0.1) is 6.92 Å². The van der Waals surface area contributed by atoms with Crippen LogP contribution in [0.1, 0.15) is 35.8 Å². The maximum absolute atomic E-state index is 4.99. The Morgan fingerprint density at radius 2 is 2.00 bits per heavy atom. The van der Waals surface area contributed by atoms with Gasteiger partial charge in [0.05, 0.1) is 10.6 Å². The molecular weight excluding hydrogens is 302 g/mol. The van der Waals surface area contributed by atoms with E-state index in [2.05, 4.69) is 67.2 Å². The van der Waals surface area contributed by atoms with Gasteiger partial charge in [-0.3, -0.25) is 0 Å². The third-order valence-corrected chi connectivity index (χ3v) is 5.42. The Hall–Kier alpha value is -2.07. The number of hydrogen-bond donors (Lipinski definition) is 1. The molecule has 0 unspecified atom stereocenters. The molecule has 4 heteroatoms. The smallest absolute Gasteiger partial charge is 0.133 e. The summed E-state index contributed by atoms with van der Waals surface area (Å²) in [6, 6.07) is 13.0. The maximum atomic E-state index is 4.99. The molecule has 1 N–H and O–H groups in total. The number of fused-ring (bicyclic) bond motifs is 1. The summed E-state index contributed by atoms with van der Waals surface area (Å²) in [4.78, 5) is 2.60. The van der Waals surface area contributed by atoms with E-state index in [9.17, 15) is 0 Å². The van der Waals surface area contributed by atoms with Crippen molar-refractivity contribution in [2.45, 2.75) is 33.1 Å². The summed E-state index contributed by atoms with van der Waals surface area (Å²) in [5.74, 6) is 1.64. The molecule has 0 amide bonds. The lowest BCUT2D eigenvalue weighted by atomic mass is 10.0. The Bertz CT molecular complexity index is 857. The third kappa shape index (κ3) is 2.38. The molecule has 0 bridgehead atoms. The van der Waals surface area contributed by atoms with Crippen LogP contribution in [0.5, 0.6) is 0 Å². The predicted octanol–water partition coefficient (Wildman–Crippen LogP) is 5.00. The fraction of sp³-hybridized carbons (Fsp3) is 0.316. The molecule has 23 heavy (non-hydrogen) atoms. The Morgan fingerprint density at radius 1 is 1.17 bits per heavy atom. The number of thiophene rings is 1. The van der Waals surface area contributed by atoms with Crippen LogP contribution in [0.3, 0.4) is 0 Å². The minimum Gasteiger partial charge on any atom is -0.369 e. The summed E-state index contributed by atoms with van der Waals surface area (Å²) in [5.41, 5.74) is 5.01. The van der Waals surface area contributed by atoms with Gasteiger partial charge in [-0.05, 0) is 43.0 Å². The zero-order valence-electron chi connectivity index (χ0n) is 13.8. The van der Waals surface area contributed by atoms with Crippen molar-refractivity contribution in [1.82, 2.24) is 9.78 Å². The van der Waals surface area contributed by atoms with E-state index in [1.165, 1.54) is 32.4 Å². The van der Waals surface area contributed by atoms with Gasteiger partial charge in [0, 0.05) is 17.0 Å². The van der Waals surface area contributed by atoms with Gasteiger partial charge in [0.25, 0.3) is 0 Å². The Morgan fingerprint density at radius 3 is 2.74 bits per heavy atom. The number of nitrogens with one attached hydrogen (secondary N) is 1. The molecule has 0 spiro atoms. The third-order valence-electron chi connectivity index (χ3n) is 4.41. The average Bonchev–Trinajstić information content (AvgIpc) is 3.23. The van der Waals surface area contributed by atoms with E-state index in [1.54, 1.807) is 0 Å². The van der Waals surface area contributed by atoms with Crippen molar-refractivity contribution in [3.63, 3.8) is 0 Å². The van der Waals surface area contributed by atoms with Crippen LogP contribution in [0.4, 0.5) is 5.82 Å². The topological polar surface area (TPSA) is 29.9 Å². The molecule has 0 aliphatic carbocycles. The van der Waals surface area contributed by atoms with Gasteiger partial charge in [-0.15, -0.1) is 11.3 Å². The zero-order chi connectivity index (χ0) is 16.0. The number of anilines is 1. The first kappa shape index (κ1) is 14.5. The molecule has 1 aliphatic rings. The Balaban J connectivity index is 1.91. The van der Waals surface area contributed by atoms with E-state index in [-0.39, 0.29) is 0 Å². The molecule has 4 rings (SSSR count). The van der Waals surface area contributed by atoms with Crippen molar-refractivity contribution < 1.29 is 0 Å². The summed E-state index contributed by atoms with van der Waals surface area (Å²) < 4.78 is 2.11. The highest BCUT2D eigenvalue weighted by molar-refractivity contribution is 7.15. The molecule has 1 aromatic carbocycles. The number of benzene rings is 1. The normalized spacial score (nSPS) is 13.4. The second kappa shape index (κ2) is 5.53. The van der Waals surface area contributed by atoms with Crippen LogP contribution in [0.2, 0.25) is 0 Å². The second-order valence-corrected chi connectivity index (χ2v) is 7.68. The summed E-state index contributed by atoms with van der Waals surface area (Å²) in [6.07, 6.45) is 1.05. The van der Waals surface area contributed by atoms with E-state index in [1.807, 2.05) is 11.3 Å². The molecule has 2 aromatic heterocycles. The first-order chi connectivity index (χ1) is 11.1. The lowest BCUT2D eigenvalue weighted by Gasteiger charge is -2.14. The van der Waals surface area contributed by atoms with Crippen molar-refractivity contribution in [2.24, 2.45) is 0 Å². The molecule has 0 saturated heterocycles. The second-order valence-electron chi connectivity index (χ2n) is 6.39. The summed E-state index contributed by atoms with van der Waals surface area (Å²) >= 11 is 1.82. The first-order valence-corrected chi connectivity index (χ1v) is 8.98. The number of nitrogens with zero attached hydrogens (tertiary/aromatic N) is 2. The Labute approximate surface area is 141 Å². The maximum Gasteiger partial charge on any atom is 0.133 e. The van der Waals surface area contributed by atoms with Crippen molar-refractivity contribution in [1.29, 1.82) is 0 Å². The van der Waals surface area contributed by atoms with Crippen LogP contribution >= 0.6 is 11.3 Å². The molecule has 1 aliphatic heterocycles. The van der Waals surface area contributed by atoms with E-state index in [4.69, 9.17) is 5.10 Å². The fourth-order valence-electron chi connectivity index (χ4n) is 3.28. The molecule has 3 nitrogen and oxygen atoms in total. The van der Waals surface area contributed by atoms with Gasteiger partial charge in [-0.25, -0.2) is 4.68 Å². The van der Waals surface area contributed by atoms with E-state index >= 15 is 0 Å². The number of para-hydroxylation sites is 1. The average molecular weight is 323 g/mol. The van der Waals surface area contributed by atoms with Crippen LogP contribution in [-0.4, -0.2) is 16.3 Å². The van der Waals surface area contributed by atoms with Crippen molar-refractivity contribution in [2.75, 3.05) is 11.9 Å². The molecule has 0 radical (unpaired) electrons. The fourth-order valence-corrected chi connectivity index (χ4v) is 4.16. The molecule has 0 fully saturated rings. The van der Waals surface area contributed by atoms with Crippen LogP contribution < -0.4 is 5.32 Å². The summed E-state index contributed by atoms with van der Waals surface area (Å²) in [5, 5.41) is 8.53. The summed E-state index contributed by atoms with van der Waals surface area (Å²) in [7, 11) is 0. The standard InChI is InChI=1S/C19H21N3S/c1-12(2)14-6-4-5-7-16(14)22-19-15(10-11-20-19)18(21-22)17-9-8-13(3)23-17/h4-9,12,20H,10-11H2,1-3H3. The lowest BCUT2D eigenvalue weighted by Crippen LogP contribution is -2.07. The van der Waals surface area contributed by atoms with Gasteiger partial charge in [-0.1, -0.05) is 32.0 Å². The highest BCUT2D eigenvalue weighted by atomic mass is 32.1. The zero-order valence-corrected chi connectivity index (χ0v) is 14.6. The monoisotopic (exact) mass is 323 g/mol. The van der Waals surface area contributed by atoms with Gasteiger partial charge >= 0.3 is 0 Å². The molecule has 0 atom stereocenters. The van der Waals surface area contributed by atoms with Crippen LogP contribution in [0.15, 0.2) is 36.4 Å². The van der Waals surface area contributed by atoms with Crippen LogP contribution in [-0.2, 0) is 6.42 Å². The van der Waals surface area contributed by atoms with Crippen molar-refractivity contribution in [3.05, 3.63) is 52.4 Å². The predicted molar refractivity (Wildman–Crippen MR) is 97.9 cm³/mol. The lowest BCUT2D eigenvalue weighted by molar-refractivity contribution is 0.812. The molecular formula is C19H21N3S. The number of rotatable bonds is 3. The van der Waals surface area contributed by atoms with E-state index in [0.717, 1.165) is 18.7 Å². The van der Waals surface area contributed by atoms with Gasteiger partial charge in [0.1, 0.15) is 11.5 Å². The highest BCUT2D eigenvalue weighted by Crippen LogP contribution is 2.38. The molecule has 3 aromatic rings. The van der Waals surface area contributed by atoms with Gasteiger partial charge in [0.2, 0.25) is 0 Å².